The lowest BCUT2D eigenvalue weighted by molar-refractivity contribution is -0.140. The minimum Gasteiger partial charge on any atom is -0.463 e. The molecule has 4 nitrogen and oxygen atoms in total. The van der Waals surface area contributed by atoms with Gasteiger partial charge in [-0.15, -0.1) is 0 Å². The SMILES string of the molecule is CCCCCCCCCCCCCCCCCCC(C)C.CCCCCCCCCCCCCCCCCCOC(=O)/C=C/C(=O)OCCCCCCCCCCCCCCCCCC. The van der Waals surface area contributed by atoms with Crippen LogP contribution in [-0.4, -0.2) is 25.2 Å². The minimum absolute atomic E-state index is 0.426. The van der Waals surface area contributed by atoms with Crippen LogP contribution in [-0.2, 0) is 19.1 Å². The Morgan fingerprint density at radius 3 is 0.631 bits per heavy atom. The zero-order chi connectivity index (χ0) is 47.6. The van der Waals surface area contributed by atoms with Gasteiger partial charge in [-0.05, 0) is 18.8 Å². The van der Waals surface area contributed by atoms with Crippen LogP contribution in [0.5, 0.6) is 0 Å². The molecule has 65 heavy (non-hydrogen) atoms. The number of hydrogen-bond donors (Lipinski definition) is 0. The summed E-state index contributed by atoms with van der Waals surface area (Å²) in [4.78, 5) is 23.6. The Hall–Kier alpha value is -1.32. The highest BCUT2D eigenvalue weighted by atomic mass is 16.5. The fourth-order valence-corrected chi connectivity index (χ4v) is 8.98. The summed E-state index contributed by atoms with van der Waals surface area (Å²) in [5.41, 5.74) is 0. The van der Waals surface area contributed by atoms with Gasteiger partial charge in [-0.2, -0.15) is 0 Å². The van der Waals surface area contributed by atoms with Crippen LogP contribution in [0.1, 0.15) is 349 Å². The Labute approximate surface area is 410 Å². The molecule has 4 heteroatoms. The van der Waals surface area contributed by atoms with Crippen molar-refractivity contribution in [1.82, 2.24) is 0 Å². The van der Waals surface area contributed by atoms with E-state index < -0.39 is 11.9 Å². The third kappa shape index (κ3) is 64.8. The summed E-state index contributed by atoms with van der Waals surface area (Å²) in [5, 5.41) is 0. The molecule has 0 spiro atoms. The van der Waals surface area contributed by atoms with Crippen LogP contribution in [0.4, 0.5) is 0 Å². The van der Waals surface area contributed by atoms with Crippen molar-refractivity contribution in [2.75, 3.05) is 13.2 Å². The van der Waals surface area contributed by atoms with E-state index >= 15 is 0 Å². The number of ether oxygens (including phenoxy) is 2. The molecule has 0 unspecified atom stereocenters. The number of carbonyl (C=O) groups is 2. The first-order valence-corrected chi connectivity index (χ1v) is 30.0. The Kier molecular flexibility index (Phi) is 61.4. The van der Waals surface area contributed by atoms with Crippen molar-refractivity contribution in [1.29, 1.82) is 0 Å². The summed E-state index contributed by atoms with van der Waals surface area (Å²) < 4.78 is 10.4. The second-order valence-corrected chi connectivity index (χ2v) is 20.8. The summed E-state index contributed by atoms with van der Waals surface area (Å²) in [6, 6.07) is 0. The van der Waals surface area contributed by atoms with E-state index in [4.69, 9.17) is 9.47 Å². The van der Waals surface area contributed by atoms with E-state index in [1.807, 2.05) is 0 Å². The van der Waals surface area contributed by atoms with Crippen molar-refractivity contribution >= 4 is 11.9 Å². The summed E-state index contributed by atoms with van der Waals surface area (Å²) in [6.45, 7) is 12.4. The zero-order valence-corrected chi connectivity index (χ0v) is 45.4. The quantitative estimate of drug-likeness (QED) is 0.0347. The van der Waals surface area contributed by atoms with Gasteiger partial charge in [0, 0.05) is 12.2 Å². The molecular weight excluding hydrogens is 797 g/mol. The molecule has 0 aromatic carbocycles. The van der Waals surface area contributed by atoms with Crippen molar-refractivity contribution in [3.63, 3.8) is 0 Å². The first-order valence-electron chi connectivity index (χ1n) is 30.0. The van der Waals surface area contributed by atoms with Gasteiger partial charge in [0.25, 0.3) is 0 Å². The average Bonchev–Trinajstić information content (AvgIpc) is 3.30. The van der Waals surface area contributed by atoms with Gasteiger partial charge in [0.2, 0.25) is 0 Å². The monoisotopic (exact) mass is 917 g/mol. The van der Waals surface area contributed by atoms with E-state index in [2.05, 4.69) is 34.6 Å². The van der Waals surface area contributed by atoms with Gasteiger partial charge in [0.05, 0.1) is 13.2 Å². The van der Waals surface area contributed by atoms with E-state index in [1.165, 1.54) is 301 Å². The van der Waals surface area contributed by atoms with Crippen LogP contribution < -0.4 is 0 Å². The summed E-state index contributed by atoms with van der Waals surface area (Å²) >= 11 is 0. The van der Waals surface area contributed by atoms with Crippen LogP contribution in [0.25, 0.3) is 0 Å². The van der Waals surface area contributed by atoms with Crippen molar-refractivity contribution in [3.05, 3.63) is 12.2 Å². The molecule has 0 fully saturated rings. The lowest BCUT2D eigenvalue weighted by atomic mass is 10.0. The summed E-state index contributed by atoms with van der Waals surface area (Å²) in [7, 11) is 0. The molecule has 0 aliphatic carbocycles. The first-order chi connectivity index (χ1) is 32.0. The average molecular weight is 918 g/mol. The normalized spacial score (nSPS) is 11.4. The fraction of sp³-hybridized carbons (Fsp3) is 0.934. The Morgan fingerprint density at radius 1 is 0.277 bits per heavy atom. The molecule has 0 radical (unpaired) electrons. The van der Waals surface area contributed by atoms with Crippen molar-refractivity contribution in [3.8, 4) is 0 Å². The van der Waals surface area contributed by atoms with Crippen LogP contribution in [0.2, 0.25) is 0 Å². The predicted octanol–water partition coefficient (Wildman–Crippen LogP) is 21.4. The van der Waals surface area contributed by atoms with Gasteiger partial charge in [-0.1, -0.05) is 336 Å². The molecule has 0 rings (SSSR count). The smallest absolute Gasteiger partial charge is 0.331 e. The highest BCUT2D eigenvalue weighted by molar-refractivity contribution is 5.91. The third-order valence-corrected chi connectivity index (χ3v) is 13.5. The third-order valence-electron chi connectivity index (χ3n) is 13.5. The van der Waals surface area contributed by atoms with Gasteiger partial charge in [-0.25, -0.2) is 9.59 Å². The van der Waals surface area contributed by atoms with E-state index in [1.54, 1.807) is 0 Å². The number of rotatable bonds is 53. The van der Waals surface area contributed by atoms with Crippen molar-refractivity contribution in [2.45, 2.75) is 349 Å². The summed E-state index contributed by atoms with van der Waals surface area (Å²) in [5.74, 6) is -0.00715. The fourth-order valence-electron chi connectivity index (χ4n) is 8.98. The highest BCUT2D eigenvalue weighted by Crippen LogP contribution is 2.17. The molecule has 0 saturated carbocycles. The molecule has 0 amide bonds. The summed E-state index contributed by atoms with van der Waals surface area (Å²) in [6.07, 6.45) is 69.7. The van der Waals surface area contributed by atoms with Crippen LogP contribution in [0.15, 0.2) is 12.2 Å². The molecular formula is C61H120O4. The molecule has 0 aromatic heterocycles. The second-order valence-electron chi connectivity index (χ2n) is 20.8. The minimum atomic E-state index is -0.453. The van der Waals surface area contributed by atoms with E-state index in [0.717, 1.165) is 31.6 Å². The van der Waals surface area contributed by atoms with Crippen molar-refractivity contribution < 1.29 is 19.1 Å². The lowest BCUT2D eigenvalue weighted by Gasteiger charge is -2.05. The van der Waals surface area contributed by atoms with Crippen LogP contribution in [0, 0.1) is 5.92 Å². The molecule has 0 saturated heterocycles. The molecule has 0 aliphatic heterocycles. The van der Waals surface area contributed by atoms with Gasteiger partial charge < -0.3 is 9.47 Å². The van der Waals surface area contributed by atoms with Gasteiger partial charge in [0.15, 0.2) is 0 Å². The number of unbranched alkanes of at least 4 members (excludes halogenated alkanes) is 45. The maximum Gasteiger partial charge on any atom is 0.331 e. The van der Waals surface area contributed by atoms with E-state index in [9.17, 15) is 9.59 Å². The number of esters is 2. The van der Waals surface area contributed by atoms with Crippen LogP contribution in [0.3, 0.4) is 0 Å². The lowest BCUT2D eigenvalue weighted by Crippen LogP contribution is -2.06. The largest absolute Gasteiger partial charge is 0.463 e. The Bertz CT molecular complexity index is 859. The zero-order valence-electron chi connectivity index (χ0n) is 45.4. The highest BCUT2D eigenvalue weighted by Gasteiger charge is 2.03. The standard InChI is InChI=1S/C40H76O4.C21H44/c1-3-5-7-9-11-13-15-17-19-21-23-25-27-29-31-33-37-43-39(41)35-36-40(42)44-38-34-32-30-28-26-24-22-20-18-16-14-12-10-8-6-4-2;1-4-5-6-7-8-9-10-11-12-13-14-15-16-17-18-19-20-21(2)3/h35-36H,3-34,37-38H2,1-2H3;21H,4-20H2,1-3H3/b36-35+;. The molecule has 0 aliphatic rings. The molecule has 0 N–H and O–H groups in total. The van der Waals surface area contributed by atoms with E-state index in [-0.39, 0.29) is 0 Å². The van der Waals surface area contributed by atoms with Gasteiger partial charge in [-0.3, -0.25) is 0 Å². The second kappa shape index (κ2) is 60.7. The molecule has 0 aromatic rings. The maximum atomic E-state index is 11.8. The van der Waals surface area contributed by atoms with Crippen molar-refractivity contribution in [2.24, 2.45) is 5.92 Å². The molecule has 0 atom stereocenters. The maximum absolute atomic E-state index is 11.8. The number of carbonyl (C=O) groups excluding carboxylic acids is 2. The van der Waals surface area contributed by atoms with Gasteiger partial charge >= 0.3 is 11.9 Å². The van der Waals surface area contributed by atoms with Crippen LogP contribution >= 0.6 is 0 Å². The topological polar surface area (TPSA) is 52.6 Å². The predicted molar refractivity (Wildman–Crippen MR) is 289 cm³/mol. The molecule has 0 heterocycles. The van der Waals surface area contributed by atoms with Gasteiger partial charge in [0.1, 0.15) is 0 Å². The van der Waals surface area contributed by atoms with E-state index in [0.29, 0.717) is 13.2 Å². The molecule has 388 valence electrons. The Balaban J connectivity index is 0. The molecule has 0 bridgehead atoms. The Morgan fingerprint density at radius 2 is 0.446 bits per heavy atom. The number of hydrogen-bond acceptors (Lipinski definition) is 4. The first kappa shape index (κ1) is 65.8.